The van der Waals surface area contributed by atoms with Crippen molar-refractivity contribution in [3.63, 3.8) is 0 Å². The summed E-state index contributed by atoms with van der Waals surface area (Å²) in [6.07, 6.45) is 6.41. The fourth-order valence-electron chi connectivity index (χ4n) is 3.83. The molecule has 6 nitrogen and oxygen atoms in total. The van der Waals surface area contributed by atoms with Crippen LogP contribution in [-0.2, 0) is 9.53 Å². The summed E-state index contributed by atoms with van der Waals surface area (Å²) in [6, 6.07) is 5.47. The van der Waals surface area contributed by atoms with E-state index in [-0.39, 0.29) is 24.0 Å². The Morgan fingerprint density at radius 1 is 1.18 bits per heavy atom. The molecule has 0 aromatic heterocycles. The number of rotatable bonds is 7. The van der Waals surface area contributed by atoms with E-state index in [2.05, 4.69) is 5.32 Å². The highest BCUT2D eigenvalue weighted by Gasteiger charge is 2.24. The van der Waals surface area contributed by atoms with Gasteiger partial charge < -0.3 is 19.7 Å². The Morgan fingerprint density at radius 3 is 2.54 bits per heavy atom. The summed E-state index contributed by atoms with van der Waals surface area (Å²) in [5.41, 5.74) is 0.558. The normalized spacial score (nSPS) is 18.3. The Kier molecular flexibility index (Phi) is 7.57. The Hall–Kier alpha value is -1.79. The van der Waals surface area contributed by atoms with Crippen LogP contribution in [0.2, 0.25) is 5.02 Å². The van der Waals surface area contributed by atoms with Gasteiger partial charge in [-0.25, -0.2) is 0 Å². The SMILES string of the molecule is COCCC(=O)N1CCC(Oc2ccc(C(=O)NC3CCCC3)cc2Cl)CC1. The molecule has 0 atom stereocenters. The molecule has 1 heterocycles. The van der Waals surface area contributed by atoms with Crippen LogP contribution in [0.15, 0.2) is 18.2 Å². The molecule has 3 rings (SSSR count). The summed E-state index contributed by atoms with van der Waals surface area (Å²) in [5.74, 6) is 0.627. The van der Waals surface area contributed by atoms with E-state index in [1.54, 1.807) is 25.3 Å². The molecule has 2 fully saturated rings. The monoisotopic (exact) mass is 408 g/mol. The summed E-state index contributed by atoms with van der Waals surface area (Å²) in [4.78, 5) is 26.3. The van der Waals surface area contributed by atoms with E-state index in [4.69, 9.17) is 21.1 Å². The highest BCUT2D eigenvalue weighted by Crippen LogP contribution is 2.29. The molecule has 0 unspecified atom stereocenters. The molecule has 0 radical (unpaired) electrons. The van der Waals surface area contributed by atoms with Crippen molar-refractivity contribution in [2.45, 2.75) is 57.1 Å². The molecule has 2 amide bonds. The molecule has 1 saturated carbocycles. The lowest BCUT2D eigenvalue weighted by molar-refractivity contribution is -0.133. The van der Waals surface area contributed by atoms with Crippen LogP contribution in [0.1, 0.15) is 55.3 Å². The molecule has 1 aromatic carbocycles. The predicted octanol–water partition coefficient (Wildman–Crippen LogP) is 3.42. The van der Waals surface area contributed by atoms with Gasteiger partial charge >= 0.3 is 0 Å². The zero-order valence-electron chi connectivity index (χ0n) is 16.4. The highest BCUT2D eigenvalue weighted by atomic mass is 35.5. The molecule has 2 aliphatic rings. The second kappa shape index (κ2) is 10.1. The van der Waals surface area contributed by atoms with Gasteiger partial charge in [-0.1, -0.05) is 24.4 Å². The van der Waals surface area contributed by atoms with Crippen LogP contribution in [0.25, 0.3) is 0 Å². The zero-order chi connectivity index (χ0) is 19.9. The maximum Gasteiger partial charge on any atom is 0.251 e. The number of benzene rings is 1. The second-order valence-corrected chi connectivity index (χ2v) is 7.95. The zero-order valence-corrected chi connectivity index (χ0v) is 17.2. The number of amides is 2. The minimum atomic E-state index is -0.0803. The summed E-state index contributed by atoms with van der Waals surface area (Å²) in [7, 11) is 1.60. The number of ether oxygens (including phenoxy) is 2. The Bertz CT molecular complexity index is 683. The van der Waals surface area contributed by atoms with Crippen molar-refractivity contribution in [3.8, 4) is 5.75 Å². The summed E-state index contributed by atoms with van der Waals surface area (Å²) < 4.78 is 11.0. The second-order valence-electron chi connectivity index (χ2n) is 7.54. The van der Waals surface area contributed by atoms with E-state index in [9.17, 15) is 9.59 Å². The van der Waals surface area contributed by atoms with Crippen molar-refractivity contribution in [1.29, 1.82) is 0 Å². The Morgan fingerprint density at radius 2 is 1.89 bits per heavy atom. The highest BCUT2D eigenvalue weighted by molar-refractivity contribution is 6.32. The van der Waals surface area contributed by atoms with Gasteiger partial charge in [-0.3, -0.25) is 9.59 Å². The number of carbonyl (C=O) groups is 2. The number of methoxy groups -OCH3 is 1. The van der Waals surface area contributed by atoms with E-state index >= 15 is 0 Å². The van der Waals surface area contributed by atoms with Gasteiger partial charge in [0, 0.05) is 44.6 Å². The molecule has 1 aliphatic carbocycles. The number of carbonyl (C=O) groups excluding carboxylic acids is 2. The molecule has 28 heavy (non-hydrogen) atoms. The number of nitrogens with one attached hydrogen (secondary N) is 1. The maximum absolute atomic E-state index is 12.4. The van der Waals surface area contributed by atoms with Gasteiger partial charge in [0.1, 0.15) is 11.9 Å². The molecule has 7 heteroatoms. The van der Waals surface area contributed by atoms with E-state index in [1.165, 1.54) is 12.8 Å². The number of likely N-dealkylation sites (tertiary alicyclic amines) is 1. The first kappa shape index (κ1) is 20.9. The molecule has 154 valence electrons. The fraction of sp³-hybridized carbons (Fsp3) is 0.619. The molecule has 1 aliphatic heterocycles. The lowest BCUT2D eigenvalue weighted by atomic mass is 10.1. The van der Waals surface area contributed by atoms with Crippen LogP contribution < -0.4 is 10.1 Å². The van der Waals surface area contributed by atoms with Gasteiger partial charge in [0.15, 0.2) is 0 Å². The van der Waals surface area contributed by atoms with Crippen LogP contribution >= 0.6 is 11.6 Å². The smallest absolute Gasteiger partial charge is 0.251 e. The van der Waals surface area contributed by atoms with E-state index in [0.717, 1.165) is 25.7 Å². The maximum atomic E-state index is 12.4. The van der Waals surface area contributed by atoms with Gasteiger partial charge in [-0.2, -0.15) is 0 Å². The van der Waals surface area contributed by atoms with E-state index < -0.39 is 0 Å². The van der Waals surface area contributed by atoms with Gasteiger partial charge in [-0.15, -0.1) is 0 Å². The summed E-state index contributed by atoms with van der Waals surface area (Å²) in [5, 5.41) is 3.51. The standard InChI is InChI=1S/C21H29ClN2O4/c1-27-13-10-20(25)24-11-8-17(9-12-24)28-19-7-6-15(14-18(19)22)21(26)23-16-4-2-3-5-16/h6-7,14,16-17H,2-5,8-13H2,1H3,(H,23,26). The number of nitrogens with zero attached hydrogens (tertiary/aromatic N) is 1. The lowest BCUT2D eigenvalue weighted by Gasteiger charge is -2.32. The number of hydrogen-bond donors (Lipinski definition) is 1. The molecule has 1 aromatic rings. The van der Waals surface area contributed by atoms with Crippen LogP contribution in [-0.4, -0.2) is 55.7 Å². The van der Waals surface area contributed by atoms with Gasteiger partial charge in [-0.05, 0) is 31.0 Å². The largest absolute Gasteiger partial charge is 0.489 e. The lowest BCUT2D eigenvalue weighted by Crippen LogP contribution is -2.42. The van der Waals surface area contributed by atoms with Crippen molar-refractivity contribution in [2.24, 2.45) is 0 Å². The van der Waals surface area contributed by atoms with Crippen molar-refractivity contribution in [2.75, 3.05) is 26.8 Å². The van der Waals surface area contributed by atoms with Gasteiger partial charge in [0.05, 0.1) is 18.1 Å². The van der Waals surface area contributed by atoms with Gasteiger partial charge in [0.25, 0.3) is 5.91 Å². The topological polar surface area (TPSA) is 67.9 Å². The molecular formula is C21H29ClN2O4. The van der Waals surface area contributed by atoms with Crippen molar-refractivity contribution >= 4 is 23.4 Å². The average molecular weight is 409 g/mol. The van der Waals surface area contributed by atoms with Crippen molar-refractivity contribution < 1.29 is 19.1 Å². The minimum Gasteiger partial charge on any atom is -0.489 e. The molecule has 1 saturated heterocycles. The average Bonchev–Trinajstić information content (AvgIpc) is 3.21. The first-order valence-corrected chi connectivity index (χ1v) is 10.5. The third-order valence-corrected chi connectivity index (χ3v) is 5.79. The van der Waals surface area contributed by atoms with Crippen LogP contribution in [0.3, 0.4) is 0 Å². The third-order valence-electron chi connectivity index (χ3n) is 5.49. The number of halogens is 1. The van der Waals surface area contributed by atoms with Gasteiger partial charge in [0.2, 0.25) is 5.91 Å². The number of piperidine rings is 1. The van der Waals surface area contributed by atoms with Crippen LogP contribution in [0.4, 0.5) is 0 Å². The predicted molar refractivity (Wildman–Crippen MR) is 108 cm³/mol. The first-order chi connectivity index (χ1) is 13.6. The van der Waals surface area contributed by atoms with Crippen molar-refractivity contribution in [1.82, 2.24) is 10.2 Å². The molecular weight excluding hydrogens is 380 g/mol. The fourth-order valence-corrected chi connectivity index (χ4v) is 4.05. The molecule has 0 spiro atoms. The number of hydrogen-bond acceptors (Lipinski definition) is 4. The van der Waals surface area contributed by atoms with E-state index in [1.807, 2.05) is 4.90 Å². The summed E-state index contributed by atoms with van der Waals surface area (Å²) >= 11 is 6.36. The van der Waals surface area contributed by atoms with Crippen molar-refractivity contribution in [3.05, 3.63) is 28.8 Å². The molecule has 1 N–H and O–H groups in total. The summed E-state index contributed by atoms with van der Waals surface area (Å²) in [6.45, 7) is 1.80. The van der Waals surface area contributed by atoms with Crippen LogP contribution in [0.5, 0.6) is 5.75 Å². The Labute approximate surface area is 171 Å². The van der Waals surface area contributed by atoms with E-state index in [0.29, 0.717) is 42.5 Å². The third kappa shape index (κ3) is 5.61. The quantitative estimate of drug-likeness (QED) is 0.750. The molecule has 0 bridgehead atoms. The minimum absolute atomic E-state index is 0.0159. The Balaban J connectivity index is 1.50. The van der Waals surface area contributed by atoms with Crippen LogP contribution in [0, 0.1) is 0 Å². The first-order valence-electron chi connectivity index (χ1n) is 10.1.